The lowest BCUT2D eigenvalue weighted by Gasteiger charge is -2.36. The molecule has 0 radical (unpaired) electrons. The molecule has 1 aromatic carbocycles. The van der Waals surface area contributed by atoms with Crippen LogP contribution in [0, 0.1) is 5.92 Å². The zero-order valence-electron chi connectivity index (χ0n) is 24.1. The van der Waals surface area contributed by atoms with E-state index in [1.807, 2.05) is 30.0 Å². The molecular weight excluding hydrogens is 490 g/mol. The summed E-state index contributed by atoms with van der Waals surface area (Å²) in [5, 5.41) is 4.66. The van der Waals surface area contributed by atoms with Gasteiger partial charge in [-0.15, -0.1) is 0 Å². The van der Waals surface area contributed by atoms with Gasteiger partial charge in [-0.25, -0.2) is 4.52 Å². The minimum absolute atomic E-state index is 0.0878. The van der Waals surface area contributed by atoms with Gasteiger partial charge in [-0.2, -0.15) is 5.10 Å². The van der Waals surface area contributed by atoms with E-state index in [0.29, 0.717) is 5.92 Å². The van der Waals surface area contributed by atoms with Gasteiger partial charge in [-0.05, 0) is 75.9 Å². The summed E-state index contributed by atoms with van der Waals surface area (Å²) in [5.41, 5.74) is 4.74. The van der Waals surface area contributed by atoms with Crippen LogP contribution in [0.15, 0.2) is 55.0 Å². The number of hydrogen-bond donors (Lipinski definition) is 0. The van der Waals surface area contributed by atoms with Crippen molar-refractivity contribution in [2.24, 2.45) is 5.92 Å². The molecule has 0 spiro atoms. The molecule has 1 fully saturated rings. The number of likely N-dealkylation sites (tertiary alicyclic amines) is 1. The van der Waals surface area contributed by atoms with E-state index < -0.39 is 0 Å². The maximum atomic E-state index is 5.64. The Hall–Kier alpha value is -3.07. The van der Waals surface area contributed by atoms with Gasteiger partial charge in [0.05, 0.1) is 43.9 Å². The van der Waals surface area contributed by atoms with Crippen LogP contribution in [0.5, 0.6) is 11.5 Å². The van der Waals surface area contributed by atoms with Gasteiger partial charge in [-0.3, -0.25) is 4.90 Å². The van der Waals surface area contributed by atoms with Crippen LogP contribution in [0.1, 0.15) is 37.8 Å². The second-order valence-electron chi connectivity index (χ2n) is 11.5. The van der Waals surface area contributed by atoms with Crippen molar-refractivity contribution in [3.8, 4) is 11.5 Å². The topological polar surface area (TPSA) is 54.7 Å². The zero-order valence-corrected chi connectivity index (χ0v) is 24.1. The number of fused-ring (bicyclic) bond motifs is 1. The molecule has 2 aliphatic rings. The van der Waals surface area contributed by atoms with Crippen molar-refractivity contribution in [3.63, 3.8) is 0 Å². The summed E-state index contributed by atoms with van der Waals surface area (Å²) in [5.74, 6) is 2.37. The number of aromatic nitrogens is 2. The van der Waals surface area contributed by atoms with Gasteiger partial charge < -0.3 is 24.0 Å². The first kappa shape index (κ1) is 27.5. The fourth-order valence-corrected chi connectivity index (χ4v) is 5.78. The first-order chi connectivity index (χ1) is 18.9. The van der Waals surface area contributed by atoms with E-state index in [-0.39, 0.29) is 5.60 Å². The first-order valence-corrected chi connectivity index (χ1v) is 14.0. The molecule has 2 aromatic heterocycles. The summed E-state index contributed by atoms with van der Waals surface area (Å²) < 4.78 is 18.6. The van der Waals surface area contributed by atoms with Crippen molar-refractivity contribution in [1.82, 2.24) is 19.4 Å². The third-order valence-electron chi connectivity index (χ3n) is 8.15. The van der Waals surface area contributed by atoms with Crippen molar-refractivity contribution < 1.29 is 14.2 Å². The molecule has 4 heterocycles. The van der Waals surface area contributed by atoms with Crippen molar-refractivity contribution in [2.45, 2.75) is 45.3 Å². The molecule has 210 valence electrons. The highest BCUT2D eigenvalue weighted by atomic mass is 16.5. The van der Waals surface area contributed by atoms with Gasteiger partial charge in [0.15, 0.2) is 0 Å². The first-order valence-electron chi connectivity index (χ1n) is 14.0. The normalized spacial score (nSPS) is 17.7. The smallest absolute Gasteiger partial charge is 0.127 e. The minimum Gasteiger partial charge on any atom is -0.497 e. The molecule has 8 nitrogen and oxygen atoms in total. The van der Waals surface area contributed by atoms with E-state index in [0.717, 1.165) is 74.1 Å². The Balaban J connectivity index is 1.24. The second kappa shape index (κ2) is 12.0. The molecule has 0 atom stereocenters. The van der Waals surface area contributed by atoms with Crippen LogP contribution >= 0.6 is 0 Å². The lowest BCUT2D eigenvalue weighted by molar-refractivity contribution is -0.0146. The number of ether oxygens (including phenoxy) is 3. The molecule has 0 amide bonds. The number of piperidine rings is 1. The maximum absolute atomic E-state index is 5.64. The van der Waals surface area contributed by atoms with Crippen molar-refractivity contribution in [2.75, 3.05) is 59.1 Å². The lowest BCUT2D eigenvalue weighted by atomic mass is 9.90. The zero-order chi connectivity index (χ0) is 27.4. The number of benzene rings is 1. The number of nitrogens with zero attached hydrogens (tertiary/aromatic N) is 5. The lowest BCUT2D eigenvalue weighted by Crippen LogP contribution is -2.44. The minimum atomic E-state index is -0.0878. The number of methoxy groups -OCH3 is 3. The van der Waals surface area contributed by atoms with Crippen LogP contribution in [0.3, 0.4) is 0 Å². The van der Waals surface area contributed by atoms with Crippen LogP contribution in [-0.4, -0.2) is 79.2 Å². The average molecular weight is 534 g/mol. The van der Waals surface area contributed by atoms with Crippen LogP contribution in [0.4, 0.5) is 5.69 Å². The summed E-state index contributed by atoms with van der Waals surface area (Å²) in [4.78, 5) is 7.24. The summed E-state index contributed by atoms with van der Waals surface area (Å²) in [6, 6.07) is 10.6. The fourth-order valence-electron chi connectivity index (χ4n) is 5.78. The number of pyridine rings is 1. The molecule has 0 bridgehead atoms. The Kier molecular flexibility index (Phi) is 8.45. The third-order valence-corrected chi connectivity index (χ3v) is 8.15. The standard InChI is InChI=1S/C31H43N5O3/c1-31(2,39-5)22-33-14-9-24(10-15-33)17-25-11-16-36-28(18-25)29(20-32-36)35-13-6-12-34(23-35)21-26-7-8-27(37-3)19-30(26)38-4/h6-8,11,13,16,18-20,24H,9-10,12,14-15,17,21-23H2,1-5H3. The van der Waals surface area contributed by atoms with Gasteiger partial charge in [0, 0.05) is 50.8 Å². The maximum Gasteiger partial charge on any atom is 0.127 e. The van der Waals surface area contributed by atoms with E-state index in [1.54, 1.807) is 14.2 Å². The molecule has 39 heavy (non-hydrogen) atoms. The highest BCUT2D eigenvalue weighted by Crippen LogP contribution is 2.30. The van der Waals surface area contributed by atoms with Gasteiger partial charge in [-0.1, -0.05) is 12.1 Å². The molecule has 0 N–H and O–H groups in total. The molecule has 2 aliphatic heterocycles. The molecule has 0 aliphatic carbocycles. The van der Waals surface area contributed by atoms with E-state index in [9.17, 15) is 0 Å². The molecule has 8 heteroatoms. The van der Waals surface area contributed by atoms with Crippen molar-refractivity contribution in [3.05, 3.63) is 66.1 Å². The molecule has 0 unspecified atom stereocenters. The van der Waals surface area contributed by atoms with Crippen LogP contribution < -0.4 is 14.4 Å². The van der Waals surface area contributed by atoms with E-state index >= 15 is 0 Å². The Morgan fingerprint density at radius 2 is 1.82 bits per heavy atom. The largest absolute Gasteiger partial charge is 0.497 e. The van der Waals surface area contributed by atoms with Crippen molar-refractivity contribution >= 4 is 11.2 Å². The van der Waals surface area contributed by atoms with Crippen molar-refractivity contribution in [1.29, 1.82) is 0 Å². The van der Waals surface area contributed by atoms with E-state index in [1.165, 1.54) is 18.4 Å². The van der Waals surface area contributed by atoms with Crippen LogP contribution in [0.2, 0.25) is 0 Å². The summed E-state index contributed by atoms with van der Waals surface area (Å²) in [6.45, 7) is 10.1. The molecule has 3 aromatic rings. The molecule has 1 saturated heterocycles. The SMILES string of the molecule is COc1ccc(CN2CC=CN(c3cnn4ccc(CC5CCN(CC(C)(C)OC)CC5)cc34)C2)c(OC)c1. The predicted octanol–water partition coefficient (Wildman–Crippen LogP) is 4.82. The molecular formula is C31H43N5O3. The quantitative estimate of drug-likeness (QED) is 0.370. The summed E-state index contributed by atoms with van der Waals surface area (Å²) in [6.07, 6.45) is 12.1. The van der Waals surface area contributed by atoms with E-state index in [4.69, 9.17) is 14.2 Å². The van der Waals surface area contributed by atoms with Gasteiger partial charge in [0.25, 0.3) is 0 Å². The highest BCUT2D eigenvalue weighted by Gasteiger charge is 2.26. The Morgan fingerprint density at radius 3 is 2.56 bits per heavy atom. The average Bonchev–Trinajstić information content (AvgIpc) is 3.38. The Morgan fingerprint density at radius 1 is 1.00 bits per heavy atom. The summed E-state index contributed by atoms with van der Waals surface area (Å²) in [7, 11) is 5.20. The van der Waals surface area contributed by atoms with Gasteiger partial charge >= 0.3 is 0 Å². The highest BCUT2D eigenvalue weighted by molar-refractivity contribution is 5.74. The van der Waals surface area contributed by atoms with Crippen LogP contribution in [0.25, 0.3) is 5.52 Å². The summed E-state index contributed by atoms with van der Waals surface area (Å²) >= 11 is 0. The van der Waals surface area contributed by atoms with Gasteiger partial charge in [0.1, 0.15) is 11.5 Å². The number of hydrogen-bond acceptors (Lipinski definition) is 7. The Bertz CT molecular complexity index is 1280. The fraction of sp³-hybridized carbons (Fsp3) is 0.516. The van der Waals surface area contributed by atoms with Gasteiger partial charge in [0.2, 0.25) is 0 Å². The monoisotopic (exact) mass is 533 g/mol. The second-order valence-corrected chi connectivity index (χ2v) is 11.5. The third kappa shape index (κ3) is 6.57. The molecule has 0 saturated carbocycles. The number of anilines is 1. The van der Waals surface area contributed by atoms with E-state index in [2.05, 4.69) is 70.3 Å². The predicted molar refractivity (Wildman–Crippen MR) is 156 cm³/mol. The Labute approximate surface area is 232 Å². The van der Waals surface area contributed by atoms with Crippen LogP contribution in [-0.2, 0) is 17.7 Å². The number of rotatable bonds is 10. The molecule has 5 rings (SSSR count).